The van der Waals surface area contributed by atoms with Crippen LogP contribution in [-0.4, -0.2) is 106 Å². The van der Waals surface area contributed by atoms with Crippen molar-refractivity contribution in [2.24, 2.45) is 0 Å². The average molecular weight is 748 g/mol. The minimum absolute atomic E-state index is 0.0341. The lowest BCUT2D eigenvalue weighted by Gasteiger charge is -2.42. The highest BCUT2D eigenvalue weighted by Crippen LogP contribution is 2.40. The van der Waals surface area contributed by atoms with Gasteiger partial charge in [0.2, 0.25) is 5.52 Å². The molecule has 2 fully saturated rings. The zero-order chi connectivity index (χ0) is 38.0. The fourth-order valence-electron chi connectivity index (χ4n) is 7.29. The summed E-state index contributed by atoms with van der Waals surface area (Å²) in [6, 6.07) is 1.53. The van der Waals surface area contributed by atoms with E-state index >= 15 is 0 Å². The van der Waals surface area contributed by atoms with Crippen molar-refractivity contribution >= 4 is 22.4 Å². The number of non-ortho nitro benzene ring substituents is 1. The summed E-state index contributed by atoms with van der Waals surface area (Å²) in [6.45, 7) is 6.64. The van der Waals surface area contributed by atoms with Crippen molar-refractivity contribution in [1.29, 1.82) is 0 Å². The molecule has 1 unspecified atom stereocenters. The molecule has 2 aliphatic rings. The number of ether oxygens (including phenoxy) is 3. The van der Waals surface area contributed by atoms with Crippen LogP contribution < -0.4 is 5.32 Å². The Morgan fingerprint density at radius 3 is 2.32 bits per heavy atom. The molecule has 0 saturated carbocycles. The summed E-state index contributed by atoms with van der Waals surface area (Å²) in [5, 5.41) is 75.5. The Hall–Kier alpha value is -3.36. The maximum absolute atomic E-state index is 12.9. The Morgan fingerprint density at radius 2 is 1.68 bits per heavy atom. The van der Waals surface area contributed by atoms with Gasteiger partial charge in [-0.15, -0.1) is 15.4 Å². The number of rotatable bonds is 22. The van der Waals surface area contributed by atoms with E-state index < -0.39 is 53.4 Å². The van der Waals surface area contributed by atoms with E-state index in [2.05, 4.69) is 32.9 Å². The first kappa shape index (κ1) is 40.8. The molecule has 2 aliphatic heterocycles. The first-order valence-electron chi connectivity index (χ1n) is 18.9. The van der Waals surface area contributed by atoms with Crippen LogP contribution in [0.3, 0.4) is 0 Å². The monoisotopic (exact) mass is 747 g/mol. The Bertz CT molecular complexity index is 1590. The number of hydrogen-bond donors (Lipinski definition) is 4. The molecule has 0 spiro atoms. The molecular weight excluding hydrogens is 692 g/mol. The summed E-state index contributed by atoms with van der Waals surface area (Å²) < 4.78 is 24.3. The summed E-state index contributed by atoms with van der Waals surface area (Å²) in [5.41, 5.74) is -0.682. The number of aromatic nitrogens is 5. The van der Waals surface area contributed by atoms with Crippen LogP contribution in [0.5, 0.6) is 0 Å². The van der Waals surface area contributed by atoms with Gasteiger partial charge in [-0.3, -0.25) is 14.8 Å². The number of hydroxylamine groups is 2. The van der Waals surface area contributed by atoms with Gasteiger partial charge in [0.15, 0.2) is 11.8 Å². The lowest BCUT2D eigenvalue weighted by Crippen LogP contribution is -2.61. The van der Waals surface area contributed by atoms with Crippen molar-refractivity contribution in [1.82, 2.24) is 30.4 Å². The van der Waals surface area contributed by atoms with E-state index in [1.807, 2.05) is 13.8 Å². The molecule has 1 aromatic carbocycles. The van der Waals surface area contributed by atoms with Crippen LogP contribution >= 0.6 is 0 Å². The number of aliphatic hydroxyl groups excluding tert-OH is 3. The van der Waals surface area contributed by atoms with Crippen molar-refractivity contribution in [2.45, 2.75) is 159 Å². The van der Waals surface area contributed by atoms with Gasteiger partial charge in [-0.05, 0) is 55.9 Å². The maximum atomic E-state index is 12.9. The Labute approximate surface area is 308 Å². The van der Waals surface area contributed by atoms with Crippen LogP contribution in [0.15, 0.2) is 23.0 Å². The van der Waals surface area contributed by atoms with Gasteiger partial charge in [0.1, 0.15) is 35.8 Å². The van der Waals surface area contributed by atoms with E-state index in [9.17, 15) is 30.6 Å². The smallest absolute Gasteiger partial charge is 0.300 e. The molecule has 0 bridgehead atoms. The van der Waals surface area contributed by atoms with Gasteiger partial charge in [-0.1, -0.05) is 69.9 Å². The fraction of sp³-hybridized carbons (Fsp3) is 0.771. The van der Waals surface area contributed by atoms with Crippen LogP contribution in [0, 0.1) is 10.1 Å². The Balaban J connectivity index is 0.986. The molecule has 4 heterocycles. The predicted octanol–water partition coefficient (Wildman–Crippen LogP) is 4.40. The van der Waals surface area contributed by atoms with E-state index in [-0.39, 0.29) is 29.0 Å². The molecule has 4 N–H and O–H groups in total. The number of benzene rings is 1. The van der Waals surface area contributed by atoms with Gasteiger partial charge in [-0.2, -0.15) is 0 Å². The van der Waals surface area contributed by atoms with E-state index in [1.165, 1.54) is 49.3 Å². The van der Waals surface area contributed by atoms with Gasteiger partial charge >= 0.3 is 5.69 Å². The Kier molecular flexibility index (Phi) is 14.5. The summed E-state index contributed by atoms with van der Waals surface area (Å²) >= 11 is 0. The molecule has 5 rings (SSSR count). The summed E-state index contributed by atoms with van der Waals surface area (Å²) in [4.78, 5) is 10.8. The molecule has 295 valence electrons. The lowest BCUT2D eigenvalue weighted by atomic mass is 9.96. The van der Waals surface area contributed by atoms with Gasteiger partial charge in [0.05, 0.1) is 42.2 Å². The minimum Gasteiger partial charge on any atom is -0.394 e. The third-order valence-corrected chi connectivity index (χ3v) is 10.2. The molecule has 0 amide bonds. The predicted molar refractivity (Wildman–Crippen MR) is 189 cm³/mol. The van der Waals surface area contributed by atoms with Gasteiger partial charge < -0.3 is 34.8 Å². The normalized spacial score (nSPS) is 26.1. The molecule has 2 saturated heterocycles. The topological polar surface area (TPSA) is 236 Å². The standard InChI is InChI=1S/C35H55N8O10/c1-4-17-35(43(49)34(2,3)23-51-35)18-13-11-9-7-5-6-8-10-12-14-19-41-20-24(37-40-41)22-50-33-30(32(46)31(45)27(21-44)52-33)36-25-15-16-26(42(47)48)29-28(25)38-53-39-29/h15-16,20,27,30-33,36,44-46H,4-14,17-19,21-23H2,1-3H3/t27-,30-,31-,32-,33-,35?/m1/s1. The number of fused-ring (bicyclic) bond motifs is 1. The molecule has 6 atom stereocenters. The molecule has 3 aromatic rings. The Morgan fingerprint density at radius 1 is 1.00 bits per heavy atom. The zero-order valence-corrected chi connectivity index (χ0v) is 31.0. The van der Waals surface area contributed by atoms with Crippen LogP contribution in [0.1, 0.15) is 110 Å². The number of nitro benzene ring substituents is 1. The third-order valence-electron chi connectivity index (χ3n) is 10.2. The number of nitrogens with zero attached hydrogens (tertiary/aromatic N) is 7. The zero-order valence-electron chi connectivity index (χ0n) is 31.0. The van der Waals surface area contributed by atoms with E-state index in [0.717, 1.165) is 51.4 Å². The van der Waals surface area contributed by atoms with Crippen LogP contribution in [0.2, 0.25) is 0 Å². The number of nitrogens with one attached hydrogen (secondary N) is 1. The molecule has 18 nitrogen and oxygen atoms in total. The second kappa shape index (κ2) is 18.8. The molecular formula is C35H55N8O10. The molecule has 18 heteroatoms. The largest absolute Gasteiger partial charge is 0.394 e. The second-order valence-electron chi connectivity index (χ2n) is 14.9. The number of aryl methyl sites for hydroxylation is 1. The molecule has 0 aliphatic carbocycles. The van der Waals surface area contributed by atoms with Crippen molar-refractivity contribution in [3.63, 3.8) is 0 Å². The highest BCUT2D eigenvalue weighted by Gasteiger charge is 2.51. The average Bonchev–Trinajstić information content (AvgIpc) is 3.87. The van der Waals surface area contributed by atoms with Crippen molar-refractivity contribution in [3.05, 3.63) is 34.1 Å². The van der Waals surface area contributed by atoms with E-state index in [0.29, 0.717) is 18.8 Å². The highest BCUT2D eigenvalue weighted by atomic mass is 16.7. The fourth-order valence-corrected chi connectivity index (χ4v) is 7.29. The first-order valence-corrected chi connectivity index (χ1v) is 18.9. The lowest BCUT2D eigenvalue weighted by molar-refractivity contribution is -0.383. The molecule has 53 heavy (non-hydrogen) atoms. The maximum Gasteiger partial charge on any atom is 0.300 e. The van der Waals surface area contributed by atoms with Gasteiger partial charge in [0.25, 0.3) is 0 Å². The van der Waals surface area contributed by atoms with Crippen molar-refractivity contribution in [2.75, 3.05) is 18.5 Å². The van der Waals surface area contributed by atoms with Crippen molar-refractivity contribution in [3.8, 4) is 0 Å². The van der Waals surface area contributed by atoms with Crippen LogP contribution in [0.4, 0.5) is 11.4 Å². The first-order chi connectivity index (χ1) is 25.5. The van der Waals surface area contributed by atoms with Gasteiger partial charge in [0, 0.05) is 12.6 Å². The summed E-state index contributed by atoms with van der Waals surface area (Å²) in [5.74, 6) is 0. The summed E-state index contributed by atoms with van der Waals surface area (Å²) in [7, 11) is 0. The quantitative estimate of drug-likeness (QED) is 0.0633. The number of unbranched alkanes of at least 4 members (excludes halogenated alkanes) is 9. The molecule has 1 radical (unpaired) electrons. The van der Waals surface area contributed by atoms with Crippen LogP contribution in [-0.2, 0) is 32.6 Å². The molecule has 2 aromatic heterocycles. The van der Waals surface area contributed by atoms with Gasteiger partial charge in [-0.25, -0.2) is 4.63 Å². The van der Waals surface area contributed by atoms with Crippen LogP contribution in [0.25, 0.3) is 11.0 Å². The summed E-state index contributed by atoms with van der Waals surface area (Å²) in [6.07, 6.45) is 10.5. The number of nitro groups is 1. The number of hydrogen-bond acceptors (Lipinski definition) is 15. The second-order valence-corrected chi connectivity index (χ2v) is 14.9. The third kappa shape index (κ3) is 10.0. The number of aliphatic hydroxyl groups is 3. The highest BCUT2D eigenvalue weighted by molar-refractivity contribution is 5.93. The van der Waals surface area contributed by atoms with E-state index in [1.54, 1.807) is 10.9 Å². The number of anilines is 1. The van der Waals surface area contributed by atoms with E-state index in [4.69, 9.17) is 18.8 Å². The SMILES string of the molecule is CCCC1(CCCCCCCCCCCCn2cc(CO[C@@H]3O[C@H](CO)[C@@H](O)[C@H](O)[C@H]3Nc3ccc([N+](=O)[O-])c4nonc34)nn2)OCC(C)(C)N1[O]. The van der Waals surface area contributed by atoms with Crippen molar-refractivity contribution < 1.29 is 44.3 Å². The minimum atomic E-state index is -1.45.